The minimum atomic E-state index is -4.95. The first-order chi connectivity index (χ1) is 44.4. The Kier molecular flexibility index (Phi) is 63.7. The van der Waals surface area contributed by atoms with Gasteiger partial charge in [-0.2, -0.15) is 0 Å². The summed E-state index contributed by atoms with van der Waals surface area (Å²) in [6.07, 6.45) is 51.9. The maximum Gasteiger partial charge on any atom is 0.472 e. The summed E-state index contributed by atoms with van der Waals surface area (Å²) >= 11 is 0. The van der Waals surface area contributed by atoms with E-state index in [1.807, 2.05) is 0 Å². The molecule has 0 saturated heterocycles. The van der Waals surface area contributed by atoms with Crippen LogP contribution in [0.15, 0.2) is 0 Å². The van der Waals surface area contributed by atoms with Crippen LogP contribution in [-0.4, -0.2) is 96.7 Å². The van der Waals surface area contributed by atoms with Gasteiger partial charge in [-0.05, 0) is 37.5 Å². The molecule has 0 fully saturated rings. The van der Waals surface area contributed by atoms with Crippen LogP contribution >= 0.6 is 15.6 Å². The van der Waals surface area contributed by atoms with E-state index in [0.29, 0.717) is 37.5 Å². The Hall–Kier alpha value is -1.94. The lowest BCUT2D eigenvalue weighted by Gasteiger charge is -2.21. The fourth-order valence-electron chi connectivity index (χ4n) is 11.1. The predicted molar refractivity (Wildman–Crippen MR) is 372 cm³/mol. The molecule has 0 saturated carbocycles. The van der Waals surface area contributed by atoms with Gasteiger partial charge in [0.15, 0.2) is 12.2 Å². The van der Waals surface area contributed by atoms with Gasteiger partial charge in [0, 0.05) is 25.7 Å². The summed E-state index contributed by atoms with van der Waals surface area (Å²) in [6, 6.07) is 0. The number of hydrogen-bond donors (Lipinski definition) is 3. The Balaban J connectivity index is 5.13. The summed E-state index contributed by atoms with van der Waals surface area (Å²) in [6.45, 7) is 9.38. The van der Waals surface area contributed by atoms with Crippen molar-refractivity contribution in [1.82, 2.24) is 0 Å². The van der Waals surface area contributed by atoms with Crippen molar-refractivity contribution in [1.29, 1.82) is 0 Å². The summed E-state index contributed by atoms with van der Waals surface area (Å²) in [7, 11) is -9.90. The molecule has 92 heavy (non-hydrogen) atoms. The first kappa shape index (κ1) is 90.1. The van der Waals surface area contributed by atoms with Crippen LogP contribution in [0, 0.1) is 11.8 Å². The number of phosphoric acid groups is 2. The van der Waals surface area contributed by atoms with E-state index in [0.717, 1.165) is 96.3 Å². The van der Waals surface area contributed by atoms with Crippen LogP contribution in [0.5, 0.6) is 0 Å². The first-order valence-electron chi connectivity index (χ1n) is 38.0. The Morgan fingerprint density at radius 1 is 0.293 bits per heavy atom. The van der Waals surface area contributed by atoms with Crippen molar-refractivity contribution in [3.8, 4) is 0 Å². The number of ether oxygens (including phenoxy) is 4. The van der Waals surface area contributed by atoms with Gasteiger partial charge in [-0.15, -0.1) is 0 Å². The Morgan fingerprint density at radius 3 is 0.739 bits per heavy atom. The molecule has 0 aliphatic heterocycles. The maximum atomic E-state index is 13.0. The molecule has 0 spiro atoms. The number of carbonyl (C=O) groups is 4. The Bertz CT molecular complexity index is 1790. The topological polar surface area (TPSA) is 237 Å². The maximum absolute atomic E-state index is 13.0. The molecule has 0 aliphatic rings. The van der Waals surface area contributed by atoms with E-state index in [1.54, 1.807) is 0 Å². The zero-order chi connectivity index (χ0) is 67.9. The molecule has 2 unspecified atom stereocenters. The van der Waals surface area contributed by atoms with Gasteiger partial charge >= 0.3 is 39.5 Å². The highest BCUT2D eigenvalue weighted by Gasteiger charge is 2.30. The lowest BCUT2D eigenvalue weighted by atomic mass is 10.0. The van der Waals surface area contributed by atoms with Crippen molar-refractivity contribution < 1.29 is 80.2 Å². The molecule has 0 aromatic carbocycles. The lowest BCUT2D eigenvalue weighted by Crippen LogP contribution is -2.30. The largest absolute Gasteiger partial charge is 0.472 e. The van der Waals surface area contributed by atoms with Gasteiger partial charge < -0.3 is 33.8 Å². The van der Waals surface area contributed by atoms with E-state index in [2.05, 4.69) is 41.5 Å². The third kappa shape index (κ3) is 66.7. The van der Waals surface area contributed by atoms with Crippen molar-refractivity contribution in [2.24, 2.45) is 11.8 Å². The second-order valence-electron chi connectivity index (χ2n) is 27.3. The molecule has 0 radical (unpaired) electrons. The molecular weight excluding hydrogens is 1210 g/mol. The highest BCUT2D eigenvalue weighted by molar-refractivity contribution is 7.47. The molecule has 0 heterocycles. The number of rotatable bonds is 72. The zero-order valence-electron chi connectivity index (χ0n) is 59.9. The third-order valence-electron chi connectivity index (χ3n) is 17.0. The molecule has 0 aromatic heterocycles. The molecular formula is C73H142O17P2. The molecule has 19 heteroatoms. The number of carbonyl (C=O) groups excluding carboxylic acids is 4. The van der Waals surface area contributed by atoms with Crippen LogP contribution in [0.1, 0.15) is 375 Å². The summed E-state index contributed by atoms with van der Waals surface area (Å²) in [5.41, 5.74) is 0. The highest BCUT2D eigenvalue weighted by atomic mass is 31.2. The van der Waals surface area contributed by atoms with E-state index < -0.39 is 97.5 Å². The van der Waals surface area contributed by atoms with Crippen LogP contribution in [0.4, 0.5) is 0 Å². The van der Waals surface area contributed by atoms with Gasteiger partial charge in [0.05, 0.1) is 26.4 Å². The molecule has 0 bridgehead atoms. The van der Waals surface area contributed by atoms with Crippen molar-refractivity contribution >= 4 is 39.5 Å². The predicted octanol–water partition coefficient (Wildman–Crippen LogP) is 21.2. The Labute approximate surface area is 562 Å². The minimum Gasteiger partial charge on any atom is -0.462 e. The van der Waals surface area contributed by atoms with Gasteiger partial charge in [-0.25, -0.2) is 9.13 Å². The average Bonchev–Trinajstić information content (AvgIpc) is 1.69. The molecule has 5 atom stereocenters. The summed E-state index contributed by atoms with van der Waals surface area (Å²) < 4.78 is 68.3. The van der Waals surface area contributed by atoms with Gasteiger partial charge in [0.25, 0.3) is 0 Å². The fourth-order valence-corrected chi connectivity index (χ4v) is 12.7. The monoisotopic (exact) mass is 1350 g/mol. The number of aliphatic hydroxyl groups is 1. The van der Waals surface area contributed by atoms with Crippen LogP contribution < -0.4 is 0 Å². The number of unbranched alkanes of at least 4 members (excludes halogenated alkanes) is 42. The number of phosphoric ester groups is 2. The second kappa shape index (κ2) is 65.0. The molecule has 3 N–H and O–H groups in total. The quantitative estimate of drug-likeness (QED) is 0.0222. The zero-order valence-corrected chi connectivity index (χ0v) is 61.6. The minimum absolute atomic E-state index is 0.101. The second-order valence-corrected chi connectivity index (χ2v) is 30.2. The average molecular weight is 1350 g/mol. The third-order valence-corrected chi connectivity index (χ3v) is 18.9. The molecule has 0 aliphatic carbocycles. The van der Waals surface area contributed by atoms with Crippen LogP contribution in [0.25, 0.3) is 0 Å². The van der Waals surface area contributed by atoms with E-state index in [-0.39, 0.29) is 25.7 Å². The molecule has 0 amide bonds. The summed E-state index contributed by atoms with van der Waals surface area (Å²) in [4.78, 5) is 72.5. The van der Waals surface area contributed by atoms with E-state index in [9.17, 15) is 43.2 Å². The van der Waals surface area contributed by atoms with Crippen LogP contribution in [0.2, 0.25) is 0 Å². The standard InChI is InChI=1S/C73H142O17P2/c1-7-9-11-13-15-17-19-21-22-23-24-25-26-27-28-29-30-32-34-36-45-51-57-72(77)89-68(61-83-70(75)55-49-43-35-33-31-20-18-16-14-12-10-8-2)63-87-91(79,80)85-59-67(74)60-86-92(81,82)88-64-69(90-73(78)58-52-46-40-38-42-48-54-66(5)6)62-84-71(76)56-50-44-39-37-41-47-53-65(3)4/h65-69,74H,7-64H2,1-6H3,(H,79,80)(H,81,82)/t67-,68-,69-/m1/s1. The van der Waals surface area contributed by atoms with E-state index >= 15 is 0 Å². The van der Waals surface area contributed by atoms with Crippen molar-refractivity contribution in [2.45, 2.75) is 394 Å². The van der Waals surface area contributed by atoms with Crippen LogP contribution in [0.3, 0.4) is 0 Å². The fraction of sp³-hybridized carbons (Fsp3) is 0.945. The smallest absolute Gasteiger partial charge is 0.462 e. The molecule has 17 nitrogen and oxygen atoms in total. The highest BCUT2D eigenvalue weighted by Crippen LogP contribution is 2.45. The number of hydrogen-bond acceptors (Lipinski definition) is 15. The Morgan fingerprint density at radius 2 is 0.500 bits per heavy atom. The molecule has 546 valence electrons. The molecule has 0 rings (SSSR count). The normalized spacial score (nSPS) is 14.1. The number of esters is 4. The van der Waals surface area contributed by atoms with Crippen molar-refractivity contribution in [3.05, 3.63) is 0 Å². The molecule has 0 aromatic rings. The van der Waals surface area contributed by atoms with E-state index in [1.165, 1.54) is 186 Å². The van der Waals surface area contributed by atoms with Gasteiger partial charge in [-0.3, -0.25) is 37.3 Å². The van der Waals surface area contributed by atoms with Crippen LogP contribution in [-0.2, 0) is 65.4 Å². The van der Waals surface area contributed by atoms with E-state index in [4.69, 9.17) is 37.0 Å². The van der Waals surface area contributed by atoms with Crippen molar-refractivity contribution in [3.63, 3.8) is 0 Å². The van der Waals surface area contributed by atoms with Gasteiger partial charge in [0.2, 0.25) is 0 Å². The van der Waals surface area contributed by atoms with Crippen molar-refractivity contribution in [2.75, 3.05) is 39.6 Å². The van der Waals surface area contributed by atoms with Gasteiger partial charge in [0.1, 0.15) is 19.3 Å². The van der Waals surface area contributed by atoms with Gasteiger partial charge in [-0.1, -0.05) is 324 Å². The summed E-state index contributed by atoms with van der Waals surface area (Å²) in [5.74, 6) is -0.780. The number of aliphatic hydroxyl groups excluding tert-OH is 1. The first-order valence-corrected chi connectivity index (χ1v) is 41.0. The SMILES string of the molecule is CCCCCCCCCCCCCCCCCCCCCCCCC(=O)O[C@H](COC(=O)CCCCCCCCCCCCCC)COP(=O)(O)OC[C@@H](O)COP(=O)(O)OC[C@@H](COC(=O)CCCCCCCCC(C)C)OC(=O)CCCCCCCCC(C)C. The summed E-state index contributed by atoms with van der Waals surface area (Å²) in [5, 5.41) is 10.6. The lowest BCUT2D eigenvalue weighted by molar-refractivity contribution is -0.161.